The zero-order valence-electron chi connectivity index (χ0n) is 15.5. The fourth-order valence-electron chi connectivity index (χ4n) is 2.89. The number of carbonyl (C=O) groups is 2. The molecule has 0 saturated carbocycles. The van der Waals surface area contributed by atoms with Gasteiger partial charge in [0.15, 0.2) is 18.1 Å². The van der Waals surface area contributed by atoms with Crippen LogP contribution in [0.1, 0.15) is 37.7 Å². The molecule has 1 aliphatic heterocycles. The average molecular weight is 361 g/mol. The van der Waals surface area contributed by atoms with Crippen molar-refractivity contribution >= 4 is 18.0 Å². The van der Waals surface area contributed by atoms with Crippen molar-refractivity contribution in [3.05, 3.63) is 29.8 Å². The number of hydrogen-bond acceptors (Lipinski definition) is 5. The second-order valence-electron chi connectivity index (χ2n) is 6.20. The van der Waals surface area contributed by atoms with Crippen LogP contribution in [-0.2, 0) is 14.3 Å². The second kappa shape index (κ2) is 10.5. The number of amides is 1. The first-order valence-electron chi connectivity index (χ1n) is 8.98. The first-order valence-corrected chi connectivity index (χ1v) is 8.98. The number of carbonyl (C=O) groups excluding carboxylic acids is 2. The highest BCUT2D eigenvalue weighted by Gasteiger charge is 2.16. The Labute approximate surface area is 154 Å². The molecule has 6 nitrogen and oxygen atoms in total. The van der Waals surface area contributed by atoms with Crippen LogP contribution in [0.4, 0.5) is 0 Å². The summed E-state index contributed by atoms with van der Waals surface area (Å²) in [6.07, 6.45) is 8.48. The van der Waals surface area contributed by atoms with E-state index in [0.717, 1.165) is 44.3 Å². The molecule has 0 bridgehead atoms. The number of likely N-dealkylation sites (tertiary alicyclic amines) is 1. The van der Waals surface area contributed by atoms with Crippen molar-refractivity contribution in [3.8, 4) is 11.5 Å². The van der Waals surface area contributed by atoms with Crippen molar-refractivity contribution in [2.75, 3.05) is 33.9 Å². The lowest BCUT2D eigenvalue weighted by Crippen LogP contribution is -2.36. The average Bonchev–Trinajstić information content (AvgIpc) is 2.63. The Morgan fingerprint density at radius 3 is 2.31 bits per heavy atom. The van der Waals surface area contributed by atoms with E-state index in [9.17, 15) is 9.59 Å². The van der Waals surface area contributed by atoms with Crippen LogP contribution in [0, 0.1) is 0 Å². The Hall–Kier alpha value is -2.50. The van der Waals surface area contributed by atoms with Crippen LogP contribution >= 0.6 is 0 Å². The standard InChI is InChI=1S/C20H27NO5/c1-24-17-10-8-16(14-18(17)25-2)9-11-20(23)26-15-19(22)21-12-6-4-3-5-7-13-21/h8-11,14H,3-7,12-13,15H2,1-2H3/b11-9+. The van der Waals surface area contributed by atoms with Crippen LogP contribution in [0.3, 0.4) is 0 Å². The molecule has 0 unspecified atom stereocenters. The Kier molecular flexibility index (Phi) is 7.99. The lowest BCUT2D eigenvalue weighted by Gasteiger charge is -2.24. The number of methoxy groups -OCH3 is 2. The van der Waals surface area contributed by atoms with Gasteiger partial charge in [0, 0.05) is 19.2 Å². The van der Waals surface area contributed by atoms with Crippen LogP contribution in [0.5, 0.6) is 11.5 Å². The highest BCUT2D eigenvalue weighted by molar-refractivity contribution is 5.89. The molecule has 1 fully saturated rings. The van der Waals surface area contributed by atoms with E-state index in [1.54, 1.807) is 43.4 Å². The van der Waals surface area contributed by atoms with Gasteiger partial charge in [0.25, 0.3) is 5.91 Å². The van der Waals surface area contributed by atoms with Crippen LogP contribution in [0.25, 0.3) is 6.08 Å². The molecule has 26 heavy (non-hydrogen) atoms. The van der Waals surface area contributed by atoms with Crippen LogP contribution in [0.15, 0.2) is 24.3 Å². The minimum Gasteiger partial charge on any atom is -0.493 e. The van der Waals surface area contributed by atoms with Crippen molar-refractivity contribution in [2.45, 2.75) is 32.1 Å². The summed E-state index contributed by atoms with van der Waals surface area (Å²) in [6, 6.07) is 5.32. The molecule has 2 rings (SSSR count). The Morgan fingerprint density at radius 1 is 1.00 bits per heavy atom. The van der Waals surface area contributed by atoms with E-state index in [0.29, 0.717) is 11.5 Å². The van der Waals surface area contributed by atoms with Crippen LogP contribution < -0.4 is 9.47 Å². The predicted molar refractivity (Wildman–Crippen MR) is 99.2 cm³/mol. The molecular formula is C20H27NO5. The number of esters is 1. The van der Waals surface area contributed by atoms with Crippen molar-refractivity contribution in [1.82, 2.24) is 4.90 Å². The van der Waals surface area contributed by atoms with Crippen molar-refractivity contribution in [2.24, 2.45) is 0 Å². The summed E-state index contributed by atoms with van der Waals surface area (Å²) >= 11 is 0. The molecule has 6 heteroatoms. The largest absolute Gasteiger partial charge is 0.493 e. The van der Waals surface area contributed by atoms with Gasteiger partial charge in [0.2, 0.25) is 0 Å². The Balaban J connectivity index is 1.84. The van der Waals surface area contributed by atoms with Crippen LogP contribution in [0.2, 0.25) is 0 Å². The molecular weight excluding hydrogens is 334 g/mol. The van der Waals surface area contributed by atoms with Gasteiger partial charge in [-0.05, 0) is 36.6 Å². The molecule has 1 heterocycles. The van der Waals surface area contributed by atoms with E-state index in [4.69, 9.17) is 14.2 Å². The van der Waals surface area contributed by atoms with Crippen LogP contribution in [-0.4, -0.2) is 50.7 Å². The summed E-state index contributed by atoms with van der Waals surface area (Å²) in [7, 11) is 3.11. The molecule has 0 aromatic heterocycles. The monoisotopic (exact) mass is 361 g/mol. The Morgan fingerprint density at radius 2 is 1.65 bits per heavy atom. The SMILES string of the molecule is COc1ccc(/C=C/C(=O)OCC(=O)N2CCCCCCC2)cc1OC. The quantitative estimate of drug-likeness (QED) is 0.575. The summed E-state index contributed by atoms with van der Waals surface area (Å²) in [4.78, 5) is 25.9. The number of rotatable bonds is 6. The van der Waals surface area contributed by atoms with Crippen molar-refractivity contribution < 1.29 is 23.8 Å². The third kappa shape index (κ3) is 6.10. The minimum absolute atomic E-state index is 0.125. The van der Waals surface area contributed by atoms with Gasteiger partial charge in [-0.2, -0.15) is 0 Å². The maximum atomic E-state index is 12.2. The number of nitrogens with zero attached hydrogens (tertiary/aromatic N) is 1. The number of ether oxygens (including phenoxy) is 3. The van der Waals surface area contributed by atoms with Gasteiger partial charge < -0.3 is 19.1 Å². The first kappa shape index (κ1) is 19.8. The molecule has 1 aromatic carbocycles. The zero-order chi connectivity index (χ0) is 18.8. The molecule has 1 aromatic rings. The normalized spacial score (nSPS) is 15.2. The predicted octanol–water partition coefficient (Wildman–Crippen LogP) is 3.05. The summed E-state index contributed by atoms with van der Waals surface area (Å²) < 4.78 is 15.5. The molecule has 1 aliphatic rings. The maximum absolute atomic E-state index is 12.2. The van der Waals surface area contributed by atoms with E-state index in [1.165, 1.54) is 12.5 Å². The van der Waals surface area contributed by atoms with Gasteiger partial charge in [-0.3, -0.25) is 4.79 Å². The molecule has 1 amide bonds. The van der Waals surface area contributed by atoms with E-state index < -0.39 is 5.97 Å². The fourth-order valence-corrected chi connectivity index (χ4v) is 2.89. The molecule has 0 atom stereocenters. The summed E-state index contributed by atoms with van der Waals surface area (Å²) in [5, 5.41) is 0. The molecule has 142 valence electrons. The Bertz CT molecular complexity index is 633. The number of hydrogen-bond donors (Lipinski definition) is 0. The van der Waals surface area contributed by atoms with Gasteiger partial charge >= 0.3 is 5.97 Å². The van der Waals surface area contributed by atoms with E-state index >= 15 is 0 Å². The third-order valence-electron chi connectivity index (χ3n) is 4.37. The fraction of sp³-hybridized carbons (Fsp3) is 0.500. The van der Waals surface area contributed by atoms with Crippen molar-refractivity contribution in [3.63, 3.8) is 0 Å². The summed E-state index contributed by atoms with van der Waals surface area (Å²) in [5.41, 5.74) is 0.773. The molecule has 0 aliphatic carbocycles. The van der Waals surface area contributed by atoms with Crippen molar-refractivity contribution in [1.29, 1.82) is 0 Å². The lowest BCUT2D eigenvalue weighted by atomic mass is 10.1. The van der Waals surface area contributed by atoms with Gasteiger partial charge in [-0.15, -0.1) is 0 Å². The molecule has 0 N–H and O–H groups in total. The summed E-state index contributed by atoms with van der Waals surface area (Å²) in [5.74, 6) is 0.529. The zero-order valence-corrected chi connectivity index (χ0v) is 15.5. The molecule has 0 radical (unpaired) electrons. The number of benzene rings is 1. The molecule has 0 spiro atoms. The van der Waals surface area contributed by atoms with E-state index in [2.05, 4.69) is 0 Å². The highest BCUT2D eigenvalue weighted by Crippen LogP contribution is 2.27. The maximum Gasteiger partial charge on any atom is 0.331 e. The van der Waals surface area contributed by atoms with Gasteiger partial charge in [-0.1, -0.05) is 25.3 Å². The lowest BCUT2D eigenvalue weighted by molar-refractivity contribution is -0.148. The third-order valence-corrected chi connectivity index (χ3v) is 4.37. The van der Waals surface area contributed by atoms with Gasteiger partial charge in [0.1, 0.15) is 0 Å². The van der Waals surface area contributed by atoms with E-state index in [-0.39, 0.29) is 12.5 Å². The minimum atomic E-state index is -0.542. The second-order valence-corrected chi connectivity index (χ2v) is 6.20. The molecule has 1 saturated heterocycles. The van der Waals surface area contributed by atoms with Gasteiger partial charge in [-0.25, -0.2) is 4.79 Å². The van der Waals surface area contributed by atoms with E-state index in [1.807, 2.05) is 0 Å². The topological polar surface area (TPSA) is 65.1 Å². The first-order chi connectivity index (χ1) is 12.6. The smallest absolute Gasteiger partial charge is 0.331 e. The van der Waals surface area contributed by atoms with Gasteiger partial charge in [0.05, 0.1) is 14.2 Å². The summed E-state index contributed by atoms with van der Waals surface area (Å²) in [6.45, 7) is 1.28. The highest BCUT2D eigenvalue weighted by atomic mass is 16.5.